The Bertz CT molecular complexity index is 1070. The summed E-state index contributed by atoms with van der Waals surface area (Å²) in [7, 11) is 0. The number of fused-ring (bicyclic) bond motifs is 1. The van der Waals surface area contributed by atoms with Crippen molar-refractivity contribution in [2.75, 3.05) is 6.54 Å². The number of hydrogen-bond acceptors (Lipinski definition) is 6. The Labute approximate surface area is 169 Å². The fourth-order valence-corrected chi connectivity index (χ4v) is 3.04. The highest BCUT2D eigenvalue weighted by Gasteiger charge is 2.37. The van der Waals surface area contributed by atoms with Gasteiger partial charge in [0.1, 0.15) is 11.5 Å². The van der Waals surface area contributed by atoms with E-state index >= 15 is 0 Å². The van der Waals surface area contributed by atoms with Crippen LogP contribution >= 0.6 is 0 Å². The molecule has 1 aliphatic rings. The molecule has 30 heavy (non-hydrogen) atoms. The maximum atomic E-state index is 12.9. The van der Waals surface area contributed by atoms with E-state index in [0.29, 0.717) is 30.2 Å². The average molecular weight is 421 g/mol. The molecule has 8 nitrogen and oxygen atoms in total. The zero-order valence-electron chi connectivity index (χ0n) is 15.9. The van der Waals surface area contributed by atoms with Gasteiger partial charge in [0.05, 0.1) is 0 Å². The summed E-state index contributed by atoms with van der Waals surface area (Å²) in [4.78, 5) is 19.4. The number of halogens is 3. The molecule has 0 aliphatic carbocycles. The third kappa shape index (κ3) is 4.29. The Morgan fingerprint density at radius 2 is 1.87 bits per heavy atom. The van der Waals surface area contributed by atoms with Crippen molar-refractivity contribution in [3.63, 3.8) is 0 Å². The number of carbonyl (C=O) groups is 1. The van der Waals surface area contributed by atoms with Crippen molar-refractivity contribution in [1.29, 1.82) is 0 Å². The van der Waals surface area contributed by atoms with E-state index in [-0.39, 0.29) is 17.6 Å². The number of aryl methyl sites for hydroxylation is 1. The summed E-state index contributed by atoms with van der Waals surface area (Å²) < 4.78 is 51.1. The molecule has 0 bridgehead atoms. The van der Waals surface area contributed by atoms with Gasteiger partial charge in [-0.2, -0.15) is 22.7 Å². The molecular formula is C19H18F3N5O3. The van der Waals surface area contributed by atoms with Crippen LogP contribution in [0, 0.1) is 6.92 Å². The predicted molar refractivity (Wildman–Crippen MR) is 98.3 cm³/mol. The van der Waals surface area contributed by atoms with Gasteiger partial charge in [0, 0.05) is 18.3 Å². The molecule has 1 atom stereocenters. The molecule has 2 aromatic heterocycles. The number of rotatable bonds is 4. The molecule has 0 saturated carbocycles. The van der Waals surface area contributed by atoms with Crippen LogP contribution in [0.4, 0.5) is 13.2 Å². The predicted octanol–water partition coefficient (Wildman–Crippen LogP) is 3.29. The molecule has 11 heteroatoms. The van der Waals surface area contributed by atoms with Crippen molar-refractivity contribution in [3.8, 4) is 17.4 Å². The normalized spacial score (nSPS) is 17.5. The first-order valence-corrected chi connectivity index (χ1v) is 9.33. The van der Waals surface area contributed by atoms with E-state index in [9.17, 15) is 18.0 Å². The van der Waals surface area contributed by atoms with E-state index in [1.165, 1.54) is 6.07 Å². The second-order valence-electron chi connectivity index (χ2n) is 6.85. The maximum Gasteiger partial charge on any atom is 0.453 e. The van der Waals surface area contributed by atoms with Gasteiger partial charge in [-0.05, 0) is 50.5 Å². The van der Waals surface area contributed by atoms with Crippen LogP contribution in [0.25, 0.3) is 5.78 Å². The Morgan fingerprint density at radius 1 is 1.13 bits per heavy atom. The van der Waals surface area contributed by atoms with Crippen molar-refractivity contribution >= 4 is 11.7 Å². The molecule has 158 valence electrons. The van der Waals surface area contributed by atoms with E-state index in [4.69, 9.17) is 9.47 Å². The van der Waals surface area contributed by atoms with Gasteiger partial charge in [-0.3, -0.25) is 4.79 Å². The van der Waals surface area contributed by atoms with Gasteiger partial charge in [0.2, 0.25) is 5.88 Å². The first kappa shape index (κ1) is 19.9. The van der Waals surface area contributed by atoms with Crippen molar-refractivity contribution < 1.29 is 27.4 Å². The summed E-state index contributed by atoms with van der Waals surface area (Å²) in [6, 6.07) is 7.89. The lowest BCUT2D eigenvalue weighted by molar-refractivity contribution is -0.144. The van der Waals surface area contributed by atoms with E-state index in [0.717, 1.165) is 17.4 Å². The summed E-state index contributed by atoms with van der Waals surface area (Å²) in [5.74, 6) is -0.775. The van der Waals surface area contributed by atoms with Crippen LogP contribution in [-0.2, 0) is 11.0 Å². The smallest absolute Gasteiger partial charge is 0.453 e. The molecule has 3 aromatic rings. The van der Waals surface area contributed by atoms with Crippen LogP contribution < -0.4 is 14.8 Å². The summed E-state index contributed by atoms with van der Waals surface area (Å²) >= 11 is 0. The topological polar surface area (TPSA) is 90.6 Å². The van der Waals surface area contributed by atoms with E-state index in [1.807, 2.05) is 0 Å². The van der Waals surface area contributed by atoms with E-state index < -0.39 is 18.1 Å². The molecule has 0 spiro atoms. The largest absolute Gasteiger partial charge is 0.481 e. The highest BCUT2D eigenvalue weighted by atomic mass is 19.4. The molecule has 1 fully saturated rings. The molecule has 1 unspecified atom stereocenters. The summed E-state index contributed by atoms with van der Waals surface area (Å²) in [5, 5.41) is 6.26. The number of nitrogens with one attached hydrogen (secondary N) is 1. The first-order chi connectivity index (χ1) is 14.3. The minimum absolute atomic E-state index is 0.0392. The molecule has 1 aromatic carbocycles. The number of alkyl halides is 3. The fourth-order valence-electron chi connectivity index (χ4n) is 3.04. The number of carbonyl (C=O) groups excluding carboxylic acids is 1. The van der Waals surface area contributed by atoms with Crippen molar-refractivity contribution in [2.24, 2.45) is 0 Å². The third-order valence-corrected chi connectivity index (χ3v) is 4.47. The van der Waals surface area contributed by atoms with Gasteiger partial charge in [0.25, 0.3) is 17.5 Å². The van der Waals surface area contributed by atoms with Crippen molar-refractivity contribution in [2.45, 2.75) is 38.5 Å². The average Bonchev–Trinajstić information content (AvgIpc) is 3.03. The Morgan fingerprint density at radius 3 is 2.60 bits per heavy atom. The van der Waals surface area contributed by atoms with Gasteiger partial charge in [-0.15, -0.1) is 5.10 Å². The maximum absolute atomic E-state index is 12.9. The lowest BCUT2D eigenvalue weighted by atomic mass is 10.2. The number of nitrogens with zero attached hydrogens (tertiary/aromatic N) is 4. The Balaban J connectivity index is 1.54. The third-order valence-electron chi connectivity index (χ3n) is 4.47. The van der Waals surface area contributed by atoms with E-state index in [2.05, 4.69) is 20.4 Å². The van der Waals surface area contributed by atoms with Crippen molar-refractivity contribution in [1.82, 2.24) is 24.9 Å². The van der Waals surface area contributed by atoms with Crippen LogP contribution in [0.15, 0.2) is 30.3 Å². The van der Waals surface area contributed by atoms with Crippen LogP contribution in [0.3, 0.4) is 0 Å². The molecule has 1 amide bonds. The minimum atomic E-state index is -4.69. The standard InChI is InChI=1S/C19H18F3N5O3/c1-11-10-15(27-18(24-11)25-17(26-27)19(20,21)22)30-13-7-5-12(6-8-13)29-14-4-2-3-9-23-16(14)28/h5-8,10,14H,2-4,9H2,1H3,(H,23,28). The Hall–Kier alpha value is -3.37. The minimum Gasteiger partial charge on any atom is -0.481 e. The molecule has 1 saturated heterocycles. The fraction of sp³-hybridized carbons (Fsp3) is 0.368. The van der Waals surface area contributed by atoms with Crippen LogP contribution in [0.2, 0.25) is 0 Å². The summed E-state index contributed by atoms with van der Waals surface area (Å²) in [5.41, 5.74) is 0.429. The molecule has 1 N–H and O–H groups in total. The highest BCUT2D eigenvalue weighted by Crippen LogP contribution is 2.29. The number of benzene rings is 1. The summed E-state index contributed by atoms with van der Waals surface area (Å²) in [6.07, 6.45) is -2.82. The SMILES string of the molecule is Cc1cc(Oc2ccc(OC3CCCCNC3=O)cc2)n2nc(C(F)(F)F)nc2n1. The van der Waals surface area contributed by atoms with Crippen LogP contribution in [0.1, 0.15) is 30.8 Å². The van der Waals surface area contributed by atoms with Crippen molar-refractivity contribution in [3.05, 3.63) is 41.9 Å². The second-order valence-corrected chi connectivity index (χ2v) is 6.85. The molecule has 1 aliphatic heterocycles. The zero-order chi connectivity index (χ0) is 21.3. The summed E-state index contributed by atoms with van der Waals surface area (Å²) in [6.45, 7) is 2.26. The zero-order valence-corrected chi connectivity index (χ0v) is 15.9. The number of ether oxygens (including phenoxy) is 2. The van der Waals surface area contributed by atoms with E-state index in [1.54, 1.807) is 31.2 Å². The number of aromatic nitrogens is 4. The molecule has 3 heterocycles. The monoisotopic (exact) mass is 421 g/mol. The quantitative estimate of drug-likeness (QED) is 0.695. The first-order valence-electron chi connectivity index (χ1n) is 9.33. The number of hydrogen-bond donors (Lipinski definition) is 1. The van der Waals surface area contributed by atoms with Gasteiger partial charge in [-0.25, -0.2) is 4.98 Å². The van der Waals surface area contributed by atoms with Gasteiger partial charge < -0.3 is 14.8 Å². The van der Waals surface area contributed by atoms with Gasteiger partial charge in [-0.1, -0.05) is 0 Å². The van der Waals surface area contributed by atoms with Crippen LogP contribution in [0.5, 0.6) is 17.4 Å². The lowest BCUT2D eigenvalue weighted by Crippen LogP contribution is -2.36. The molecule has 0 radical (unpaired) electrons. The molecule has 4 rings (SSSR count). The van der Waals surface area contributed by atoms with Gasteiger partial charge in [0.15, 0.2) is 6.10 Å². The molecular weight excluding hydrogens is 403 g/mol. The second kappa shape index (κ2) is 7.81. The Kier molecular flexibility index (Phi) is 5.18. The van der Waals surface area contributed by atoms with Gasteiger partial charge >= 0.3 is 6.18 Å². The highest BCUT2D eigenvalue weighted by molar-refractivity contribution is 5.81. The lowest BCUT2D eigenvalue weighted by Gasteiger charge is -2.16. The van der Waals surface area contributed by atoms with Crippen LogP contribution in [-0.4, -0.2) is 38.1 Å². The number of amides is 1.